The number of hydrogen-bond donors (Lipinski definition) is 0. The Balaban J connectivity index is 2.12. The van der Waals surface area contributed by atoms with E-state index in [1.807, 2.05) is 0 Å². The summed E-state index contributed by atoms with van der Waals surface area (Å²) in [4.78, 5) is 0. The molecule has 0 saturated carbocycles. The number of rotatable bonds is 4. The maximum atomic E-state index is 2.51. The van der Waals surface area contributed by atoms with Crippen LogP contribution in [0.3, 0.4) is 0 Å². The van der Waals surface area contributed by atoms with Crippen molar-refractivity contribution in [2.75, 3.05) is 0 Å². The quantitative estimate of drug-likeness (QED) is 0.451. The Morgan fingerprint density at radius 1 is 0.417 bits per heavy atom. The fourth-order valence-electron chi connectivity index (χ4n) is 3.54. The van der Waals surface area contributed by atoms with Crippen LogP contribution < -0.4 is 10.7 Å². The summed E-state index contributed by atoms with van der Waals surface area (Å²) < 4.78 is 6.88. The minimum atomic E-state index is -3.33. The molecule has 3 aromatic carbocycles. The molecule has 1 nitrogen and oxygen atoms in total. The molecule has 0 amide bonds. The predicted molar refractivity (Wildman–Crippen MR) is 104 cm³/mol. The molecule has 0 atom stereocenters. The standard InChI is InChI=1S/3C6H5.C4H4N.Sn/c3*1-2-4-6-5-3-1;1-2-4-5-3-1;/h3*1-5H;1-4H;/q;;;-1;+1. The fourth-order valence-corrected chi connectivity index (χ4v) is 16.5. The topological polar surface area (TPSA) is 4.93 Å². The van der Waals surface area contributed by atoms with Crippen LogP contribution >= 0.6 is 0 Å². The fraction of sp³-hybridized carbons (Fsp3) is 0. The minimum absolute atomic E-state index is 1.46. The van der Waals surface area contributed by atoms with E-state index in [0.717, 1.165) is 0 Å². The zero-order valence-corrected chi connectivity index (χ0v) is 16.3. The van der Waals surface area contributed by atoms with Crippen molar-refractivity contribution in [3.05, 3.63) is 116 Å². The van der Waals surface area contributed by atoms with Crippen LogP contribution in [0.4, 0.5) is 0 Å². The van der Waals surface area contributed by atoms with Crippen LogP contribution in [0.25, 0.3) is 0 Å². The van der Waals surface area contributed by atoms with Crippen molar-refractivity contribution < 1.29 is 0 Å². The summed E-state index contributed by atoms with van der Waals surface area (Å²) in [5, 5.41) is 0. The van der Waals surface area contributed by atoms with Gasteiger partial charge in [0.25, 0.3) is 0 Å². The van der Waals surface area contributed by atoms with E-state index in [4.69, 9.17) is 0 Å². The van der Waals surface area contributed by atoms with E-state index in [1.54, 1.807) is 0 Å². The SMILES string of the molecule is c1cc[c]([Sn]([c]2ccccc2)([c]2ccccc2)[n]2cccc2)cc1. The van der Waals surface area contributed by atoms with E-state index in [2.05, 4.69) is 118 Å². The molecule has 4 aromatic rings. The van der Waals surface area contributed by atoms with Crippen LogP contribution in [-0.2, 0) is 0 Å². The van der Waals surface area contributed by atoms with Gasteiger partial charge in [-0.05, 0) is 0 Å². The van der Waals surface area contributed by atoms with E-state index >= 15 is 0 Å². The van der Waals surface area contributed by atoms with Crippen LogP contribution in [0.2, 0.25) is 0 Å². The maximum absolute atomic E-state index is 3.33. The first-order valence-electron chi connectivity index (χ1n) is 8.22. The van der Waals surface area contributed by atoms with Crippen molar-refractivity contribution in [3.63, 3.8) is 0 Å². The molecular weight excluding hydrogens is 397 g/mol. The van der Waals surface area contributed by atoms with E-state index in [-0.39, 0.29) is 0 Å². The van der Waals surface area contributed by atoms with Crippen LogP contribution in [0, 0.1) is 0 Å². The van der Waals surface area contributed by atoms with Crippen LogP contribution in [0.1, 0.15) is 0 Å². The number of nitrogens with zero attached hydrogens (tertiary/aromatic N) is 1. The van der Waals surface area contributed by atoms with Crippen LogP contribution in [0.15, 0.2) is 116 Å². The molecule has 0 N–H and O–H groups in total. The summed E-state index contributed by atoms with van der Waals surface area (Å²) in [6, 6.07) is 37.4. The predicted octanol–water partition coefficient (Wildman–Crippen LogP) is 3.00. The summed E-state index contributed by atoms with van der Waals surface area (Å²) >= 11 is -3.33. The number of hydrogen-bond acceptors (Lipinski definition) is 0. The van der Waals surface area contributed by atoms with E-state index in [9.17, 15) is 0 Å². The third-order valence-electron chi connectivity index (χ3n) is 4.57. The second-order valence-corrected chi connectivity index (χ2v) is 16.4. The van der Waals surface area contributed by atoms with Crippen LogP contribution in [-0.4, -0.2) is 21.4 Å². The molecule has 2 heteroatoms. The van der Waals surface area contributed by atoms with Gasteiger partial charge in [0.15, 0.2) is 0 Å². The van der Waals surface area contributed by atoms with E-state index in [1.165, 1.54) is 10.7 Å². The summed E-state index contributed by atoms with van der Waals surface area (Å²) in [6.45, 7) is 0. The molecule has 0 spiro atoms. The molecule has 116 valence electrons. The van der Waals surface area contributed by atoms with Gasteiger partial charge in [-0.15, -0.1) is 0 Å². The average molecular weight is 416 g/mol. The second kappa shape index (κ2) is 6.70. The molecule has 0 aliphatic rings. The van der Waals surface area contributed by atoms with Crippen molar-refractivity contribution in [1.82, 2.24) is 2.79 Å². The van der Waals surface area contributed by atoms with Gasteiger partial charge in [0, 0.05) is 0 Å². The first-order chi connectivity index (χ1) is 11.9. The molecule has 1 heterocycles. The van der Waals surface area contributed by atoms with Gasteiger partial charge in [-0.25, -0.2) is 0 Å². The first kappa shape index (κ1) is 15.3. The number of aromatic nitrogens is 1. The molecule has 0 unspecified atom stereocenters. The van der Waals surface area contributed by atoms with Crippen molar-refractivity contribution in [1.29, 1.82) is 0 Å². The van der Waals surface area contributed by atoms with Gasteiger partial charge < -0.3 is 0 Å². The molecule has 4 rings (SSSR count). The average Bonchev–Trinajstić information content (AvgIpc) is 3.20. The van der Waals surface area contributed by atoms with Gasteiger partial charge in [-0.2, -0.15) is 0 Å². The van der Waals surface area contributed by atoms with Crippen molar-refractivity contribution in [2.45, 2.75) is 0 Å². The summed E-state index contributed by atoms with van der Waals surface area (Å²) in [5.41, 5.74) is 0. The molecule has 0 aliphatic heterocycles. The van der Waals surface area contributed by atoms with Gasteiger partial charge >= 0.3 is 148 Å². The zero-order chi connectivity index (χ0) is 16.2. The molecule has 0 fully saturated rings. The molecule has 24 heavy (non-hydrogen) atoms. The summed E-state index contributed by atoms with van der Waals surface area (Å²) in [7, 11) is 0. The van der Waals surface area contributed by atoms with Gasteiger partial charge in [0.1, 0.15) is 0 Å². The Hall–Kier alpha value is -2.26. The molecule has 0 saturated heterocycles. The monoisotopic (exact) mass is 417 g/mol. The van der Waals surface area contributed by atoms with Crippen molar-refractivity contribution in [3.8, 4) is 0 Å². The summed E-state index contributed by atoms with van der Waals surface area (Å²) in [6.07, 6.45) is 4.48. The van der Waals surface area contributed by atoms with Crippen LogP contribution in [0.5, 0.6) is 0 Å². The third-order valence-corrected chi connectivity index (χ3v) is 17.6. The third kappa shape index (κ3) is 2.49. The molecular formula is C22H19NSn. The van der Waals surface area contributed by atoms with E-state index < -0.39 is 18.7 Å². The second-order valence-electron chi connectivity index (χ2n) is 5.90. The first-order valence-corrected chi connectivity index (χ1v) is 13.8. The number of benzene rings is 3. The van der Waals surface area contributed by atoms with E-state index in [0.29, 0.717) is 0 Å². The van der Waals surface area contributed by atoms with Crippen molar-refractivity contribution >= 4 is 29.4 Å². The Bertz CT molecular complexity index is 788. The normalized spacial score (nSPS) is 11.3. The molecule has 1 aromatic heterocycles. The van der Waals surface area contributed by atoms with Gasteiger partial charge in [-0.1, -0.05) is 0 Å². The molecule has 0 bridgehead atoms. The van der Waals surface area contributed by atoms with Gasteiger partial charge in [0.05, 0.1) is 0 Å². The Labute approximate surface area is 147 Å². The van der Waals surface area contributed by atoms with Crippen molar-refractivity contribution in [2.24, 2.45) is 0 Å². The zero-order valence-electron chi connectivity index (χ0n) is 13.4. The Morgan fingerprint density at radius 2 is 0.750 bits per heavy atom. The Morgan fingerprint density at radius 3 is 1.08 bits per heavy atom. The van der Waals surface area contributed by atoms with Gasteiger partial charge in [-0.3, -0.25) is 0 Å². The molecule has 0 radical (unpaired) electrons. The molecule has 0 aliphatic carbocycles. The van der Waals surface area contributed by atoms with Gasteiger partial charge in [0.2, 0.25) is 0 Å². The summed E-state index contributed by atoms with van der Waals surface area (Å²) in [5.74, 6) is 0. The Kier molecular flexibility index (Phi) is 4.26.